The van der Waals surface area contributed by atoms with Crippen LogP contribution in [0.15, 0.2) is 34.7 Å². The van der Waals surface area contributed by atoms with Gasteiger partial charge in [-0.15, -0.1) is 0 Å². The quantitative estimate of drug-likeness (QED) is 0.803. The Bertz CT molecular complexity index is 776. The molecule has 0 bridgehead atoms. The molecule has 0 fully saturated rings. The first-order chi connectivity index (χ1) is 11.7. The molecule has 1 heterocycles. The van der Waals surface area contributed by atoms with Gasteiger partial charge in [0.1, 0.15) is 18.1 Å². The fourth-order valence-electron chi connectivity index (χ4n) is 2.15. The highest BCUT2D eigenvalue weighted by Crippen LogP contribution is 2.21. The number of carboxylic acid groups (broad SMARTS) is 1. The lowest BCUT2D eigenvalue weighted by atomic mass is 9.94. The van der Waals surface area contributed by atoms with Crippen molar-refractivity contribution < 1.29 is 23.8 Å². The Kier molecular flexibility index (Phi) is 5.51. The van der Waals surface area contributed by atoms with Crippen molar-refractivity contribution in [1.29, 1.82) is 0 Å². The summed E-state index contributed by atoms with van der Waals surface area (Å²) in [4.78, 5) is 23.1. The van der Waals surface area contributed by atoms with Gasteiger partial charge >= 0.3 is 5.97 Å². The zero-order chi connectivity index (χ0) is 18.6. The van der Waals surface area contributed by atoms with Crippen molar-refractivity contribution in [2.24, 2.45) is 5.41 Å². The molecule has 0 saturated carbocycles. The third-order valence-electron chi connectivity index (χ3n) is 3.86. The second-order valence-electron chi connectivity index (χ2n) is 6.70. The number of carboxylic acids is 1. The highest BCUT2D eigenvalue weighted by molar-refractivity contribution is 5.91. The number of aliphatic carboxylic acids is 1. The zero-order valence-electron chi connectivity index (χ0n) is 14.9. The van der Waals surface area contributed by atoms with Crippen LogP contribution in [0.25, 0.3) is 0 Å². The number of aryl methyl sites for hydroxylation is 2. The molecule has 1 amide bonds. The third kappa shape index (κ3) is 4.86. The highest BCUT2D eigenvalue weighted by atomic mass is 16.5. The van der Waals surface area contributed by atoms with Crippen molar-refractivity contribution in [2.75, 3.05) is 6.54 Å². The zero-order valence-corrected chi connectivity index (χ0v) is 14.9. The normalized spacial score (nSPS) is 11.2. The van der Waals surface area contributed by atoms with Gasteiger partial charge in [0.25, 0.3) is 5.91 Å². The largest absolute Gasteiger partial charge is 0.485 e. The fourth-order valence-corrected chi connectivity index (χ4v) is 2.15. The number of hydrogen-bond acceptors (Lipinski definition) is 4. The predicted octanol–water partition coefficient (Wildman–Crippen LogP) is 3.32. The van der Waals surface area contributed by atoms with Crippen LogP contribution >= 0.6 is 0 Å². The van der Waals surface area contributed by atoms with Gasteiger partial charge in [-0.25, -0.2) is 0 Å². The van der Waals surface area contributed by atoms with Crippen LogP contribution in [0.1, 0.15) is 41.3 Å². The summed E-state index contributed by atoms with van der Waals surface area (Å²) in [7, 11) is 0. The molecular weight excluding hydrogens is 322 g/mol. The summed E-state index contributed by atoms with van der Waals surface area (Å²) >= 11 is 0. The lowest BCUT2D eigenvalue weighted by Gasteiger charge is -2.18. The van der Waals surface area contributed by atoms with E-state index in [9.17, 15) is 9.59 Å². The van der Waals surface area contributed by atoms with E-state index in [0.717, 1.165) is 16.9 Å². The monoisotopic (exact) mass is 345 g/mol. The van der Waals surface area contributed by atoms with E-state index in [1.807, 2.05) is 32.0 Å². The molecule has 134 valence electrons. The van der Waals surface area contributed by atoms with Crippen molar-refractivity contribution in [3.8, 4) is 5.75 Å². The first-order valence-corrected chi connectivity index (χ1v) is 7.99. The van der Waals surface area contributed by atoms with Crippen molar-refractivity contribution in [2.45, 2.75) is 34.3 Å². The summed E-state index contributed by atoms with van der Waals surface area (Å²) < 4.78 is 11.2. The summed E-state index contributed by atoms with van der Waals surface area (Å²) in [5, 5.41) is 11.6. The first kappa shape index (κ1) is 18.6. The molecule has 6 nitrogen and oxygen atoms in total. The Morgan fingerprint density at radius 1 is 1.20 bits per heavy atom. The van der Waals surface area contributed by atoms with Crippen molar-refractivity contribution in [3.63, 3.8) is 0 Å². The SMILES string of the molecule is Cc1ccc(OCc2ccc(C(=O)NCC(C)(C)C(=O)O)o2)c(C)c1. The van der Waals surface area contributed by atoms with E-state index < -0.39 is 17.3 Å². The lowest BCUT2D eigenvalue weighted by molar-refractivity contribution is -0.146. The van der Waals surface area contributed by atoms with E-state index in [4.69, 9.17) is 14.3 Å². The van der Waals surface area contributed by atoms with Crippen LogP contribution in [0, 0.1) is 19.3 Å². The number of rotatable bonds is 7. The molecule has 1 aromatic carbocycles. The average Bonchev–Trinajstić information content (AvgIpc) is 3.00. The van der Waals surface area contributed by atoms with Gasteiger partial charge in [0.15, 0.2) is 5.76 Å². The van der Waals surface area contributed by atoms with Crippen molar-refractivity contribution in [3.05, 3.63) is 53.0 Å². The van der Waals surface area contributed by atoms with Crippen molar-refractivity contribution in [1.82, 2.24) is 5.32 Å². The third-order valence-corrected chi connectivity index (χ3v) is 3.86. The van der Waals surface area contributed by atoms with Gasteiger partial charge in [0, 0.05) is 6.54 Å². The maximum atomic E-state index is 12.1. The van der Waals surface area contributed by atoms with E-state index in [1.165, 1.54) is 0 Å². The second kappa shape index (κ2) is 7.42. The Hall–Kier alpha value is -2.76. The minimum absolute atomic E-state index is 0.0102. The number of nitrogens with one attached hydrogen (secondary N) is 1. The van der Waals surface area contributed by atoms with Crippen LogP contribution in [-0.4, -0.2) is 23.5 Å². The van der Waals surface area contributed by atoms with Gasteiger partial charge in [-0.2, -0.15) is 0 Å². The predicted molar refractivity (Wildman–Crippen MR) is 92.7 cm³/mol. The molecule has 0 aliphatic rings. The molecule has 25 heavy (non-hydrogen) atoms. The van der Waals surface area contributed by atoms with Gasteiger partial charge in [0.2, 0.25) is 0 Å². The molecule has 0 atom stereocenters. The molecule has 2 N–H and O–H groups in total. The van der Waals surface area contributed by atoms with Crippen LogP contribution in [0.3, 0.4) is 0 Å². The minimum atomic E-state index is -1.04. The van der Waals surface area contributed by atoms with Gasteiger partial charge in [-0.1, -0.05) is 17.7 Å². The maximum Gasteiger partial charge on any atom is 0.310 e. The number of ether oxygens (including phenoxy) is 1. The second-order valence-corrected chi connectivity index (χ2v) is 6.70. The van der Waals surface area contributed by atoms with E-state index in [0.29, 0.717) is 5.76 Å². The molecule has 2 aromatic rings. The minimum Gasteiger partial charge on any atom is -0.485 e. The van der Waals surface area contributed by atoms with Crippen LogP contribution in [0.5, 0.6) is 5.75 Å². The van der Waals surface area contributed by atoms with Gasteiger partial charge < -0.3 is 19.6 Å². The van der Waals surface area contributed by atoms with E-state index >= 15 is 0 Å². The Morgan fingerprint density at radius 3 is 2.56 bits per heavy atom. The summed E-state index contributed by atoms with van der Waals surface area (Å²) in [5.41, 5.74) is 1.14. The molecule has 0 aliphatic heterocycles. The van der Waals surface area contributed by atoms with Gasteiger partial charge in [-0.3, -0.25) is 9.59 Å². The molecule has 0 spiro atoms. The number of amides is 1. The molecule has 6 heteroatoms. The van der Waals surface area contributed by atoms with Crippen LogP contribution in [0.2, 0.25) is 0 Å². The summed E-state index contributed by atoms with van der Waals surface area (Å²) in [5.74, 6) is -0.0267. The average molecular weight is 345 g/mol. The number of carbonyl (C=O) groups is 2. The summed E-state index contributed by atoms with van der Waals surface area (Å²) in [6.45, 7) is 7.28. The lowest BCUT2D eigenvalue weighted by Crippen LogP contribution is -2.38. The van der Waals surface area contributed by atoms with Crippen LogP contribution in [-0.2, 0) is 11.4 Å². The fraction of sp³-hybridized carbons (Fsp3) is 0.368. The van der Waals surface area contributed by atoms with Crippen LogP contribution < -0.4 is 10.1 Å². The summed E-state index contributed by atoms with van der Waals surface area (Å²) in [6, 6.07) is 9.11. The Labute approximate surface area is 146 Å². The number of furan rings is 1. The van der Waals surface area contributed by atoms with Crippen LogP contribution in [0.4, 0.5) is 0 Å². The molecule has 0 saturated heterocycles. The van der Waals surface area contributed by atoms with Gasteiger partial charge in [0.05, 0.1) is 5.41 Å². The molecule has 0 unspecified atom stereocenters. The molecule has 2 rings (SSSR count). The van der Waals surface area contributed by atoms with E-state index in [1.54, 1.807) is 26.0 Å². The van der Waals surface area contributed by atoms with Crippen molar-refractivity contribution >= 4 is 11.9 Å². The molecule has 0 radical (unpaired) electrons. The smallest absolute Gasteiger partial charge is 0.310 e. The standard InChI is InChI=1S/C19H23NO5/c1-12-5-7-15(13(2)9-12)24-10-14-6-8-16(25-14)17(21)20-11-19(3,4)18(22)23/h5-9H,10-11H2,1-4H3,(H,20,21)(H,22,23). The number of carbonyl (C=O) groups excluding carboxylic acids is 1. The van der Waals surface area contributed by atoms with E-state index in [2.05, 4.69) is 5.32 Å². The molecule has 0 aliphatic carbocycles. The number of hydrogen-bond donors (Lipinski definition) is 2. The Balaban J connectivity index is 1.93. The van der Waals surface area contributed by atoms with Gasteiger partial charge in [-0.05, 0) is 51.5 Å². The Morgan fingerprint density at radius 2 is 1.92 bits per heavy atom. The summed E-state index contributed by atoms with van der Waals surface area (Å²) in [6.07, 6.45) is 0. The molecular formula is C19H23NO5. The maximum absolute atomic E-state index is 12.1. The number of benzene rings is 1. The first-order valence-electron chi connectivity index (χ1n) is 7.99. The highest BCUT2D eigenvalue weighted by Gasteiger charge is 2.28. The molecule has 1 aromatic heterocycles. The van der Waals surface area contributed by atoms with E-state index in [-0.39, 0.29) is 18.9 Å². The topological polar surface area (TPSA) is 88.8 Å².